The number of carbonyl (C=O) groups is 2. The van der Waals surface area contributed by atoms with Crippen LogP contribution in [-0.4, -0.2) is 44.9 Å². The summed E-state index contributed by atoms with van der Waals surface area (Å²) in [6, 6.07) is 0. The highest BCUT2D eigenvalue weighted by molar-refractivity contribution is 7.15. The number of rotatable bonds is 6. The van der Waals surface area contributed by atoms with Crippen molar-refractivity contribution in [2.24, 2.45) is 0 Å². The number of carboxylic acids is 1. The topological polar surface area (TPSA) is 74.9 Å². The number of aliphatic carboxylic acids is 1. The van der Waals surface area contributed by atoms with Crippen molar-refractivity contribution >= 4 is 45.9 Å². The highest BCUT2D eigenvalue weighted by atomic mass is 35.5. The lowest BCUT2D eigenvalue weighted by Crippen LogP contribution is -2.26. The number of nitrogens with zero attached hydrogens (tertiary/aromatic N) is 3. The summed E-state index contributed by atoms with van der Waals surface area (Å²) < 4.78 is 1.81. The second kappa shape index (κ2) is 6.73. The standard InChI is InChI=1S/C13H14ClN3O3S/c1-16(6-2-3-11(19)20)10(18)5-4-9-12(14)15-13-17(9)7-8-21-13/h4-5,7-8H,2-3,6H2,1H3,(H,19,20)/b5-4+. The molecule has 0 bridgehead atoms. The van der Waals surface area contributed by atoms with Crippen molar-refractivity contribution in [2.45, 2.75) is 12.8 Å². The quantitative estimate of drug-likeness (QED) is 0.827. The zero-order valence-electron chi connectivity index (χ0n) is 11.3. The third-order valence-corrected chi connectivity index (χ3v) is 3.93. The van der Waals surface area contributed by atoms with Gasteiger partial charge in [-0.2, -0.15) is 0 Å². The van der Waals surface area contributed by atoms with E-state index in [-0.39, 0.29) is 12.3 Å². The lowest BCUT2D eigenvalue weighted by molar-refractivity contribution is -0.137. The van der Waals surface area contributed by atoms with Crippen molar-refractivity contribution in [1.29, 1.82) is 0 Å². The summed E-state index contributed by atoms with van der Waals surface area (Å²) in [5, 5.41) is 10.8. The maximum Gasteiger partial charge on any atom is 0.303 e. The molecular formula is C13H14ClN3O3S. The first-order valence-electron chi connectivity index (χ1n) is 6.25. The van der Waals surface area contributed by atoms with E-state index >= 15 is 0 Å². The van der Waals surface area contributed by atoms with Crippen molar-refractivity contribution < 1.29 is 14.7 Å². The summed E-state index contributed by atoms with van der Waals surface area (Å²) in [5.74, 6) is -1.07. The van der Waals surface area contributed by atoms with Gasteiger partial charge in [-0.3, -0.25) is 14.0 Å². The molecule has 112 valence electrons. The molecule has 21 heavy (non-hydrogen) atoms. The third-order valence-electron chi connectivity index (χ3n) is 2.90. The highest BCUT2D eigenvalue weighted by Crippen LogP contribution is 2.22. The number of aromatic nitrogens is 2. The molecule has 2 rings (SSSR count). The van der Waals surface area contributed by atoms with Crippen LogP contribution in [0.25, 0.3) is 11.0 Å². The van der Waals surface area contributed by atoms with E-state index in [1.165, 1.54) is 22.3 Å². The van der Waals surface area contributed by atoms with Gasteiger partial charge in [0.15, 0.2) is 10.1 Å². The molecule has 0 atom stereocenters. The zero-order valence-corrected chi connectivity index (χ0v) is 12.9. The van der Waals surface area contributed by atoms with E-state index in [4.69, 9.17) is 16.7 Å². The summed E-state index contributed by atoms with van der Waals surface area (Å²) >= 11 is 7.48. The molecule has 0 aliphatic rings. The van der Waals surface area contributed by atoms with E-state index in [2.05, 4.69) is 4.98 Å². The van der Waals surface area contributed by atoms with Gasteiger partial charge in [-0.25, -0.2) is 4.98 Å². The van der Waals surface area contributed by atoms with E-state index in [0.29, 0.717) is 23.8 Å². The maximum absolute atomic E-state index is 11.9. The van der Waals surface area contributed by atoms with Gasteiger partial charge in [0.25, 0.3) is 0 Å². The van der Waals surface area contributed by atoms with Crippen LogP contribution in [0.2, 0.25) is 5.15 Å². The van der Waals surface area contributed by atoms with Crippen LogP contribution in [0, 0.1) is 0 Å². The van der Waals surface area contributed by atoms with Crippen LogP contribution >= 0.6 is 22.9 Å². The molecule has 6 nitrogen and oxygen atoms in total. The molecule has 0 aromatic carbocycles. The van der Waals surface area contributed by atoms with Gasteiger partial charge in [0, 0.05) is 37.7 Å². The molecule has 0 aliphatic carbocycles. The normalized spacial score (nSPS) is 11.3. The summed E-state index contributed by atoms with van der Waals surface area (Å²) in [6.07, 6.45) is 5.33. The van der Waals surface area contributed by atoms with E-state index in [1.807, 2.05) is 11.6 Å². The predicted molar refractivity (Wildman–Crippen MR) is 81.6 cm³/mol. The van der Waals surface area contributed by atoms with Crippen molar-refractivity contribution in [3.63, 3.8) is 0 Å². The van der Waals surface area contributed by atoms with Crippen LogP contribution in [0.4, 0.5) is 0 Å². The number of imidazole rings is 1. The molecule has 0 saturated heterocycles. The Balaban J connectivity index is 1.99. The largest absolute Gasteiger partial charge is 0.481 e. The Morgan fingerprint density at radius 3 is 3.05 bits per heavy atom. The number of amides is 1. The molecule has 8 heteroatoms. The van der Waals surface area contributed by atoms with Crippen LogP contribution in [0.5, 0.6) is 0 Å². The van der Waals surface area contributed by atoms with Crippen LogP contribution in [0.3, 0.4) is 0 Å². The van der Waals surface area contributed by atoms with E-state index < -0.39 is 5.97 Å². The minimum absolute atomic E-state index is 0.0469. The summed E-state index contributed by atoms with van der Waals surface area (Å²) in [7, 11) is 1.63. The first-order chi connectivity index (χ1) is 9.99. The second-order valence-corrected chi connectivity index (χ2v) is 5.66. The van der Waals surface area contributed by atoms with Crippen molar-refractivity contribution in [3.05, 3.63) is 28.5 Å². The predicted octanol–water partition coefficient (Wildman–Crippen LogP) is 2.39. The number of halogens is 1. The number of likely N-dealkylation sites (N-methyl/N-ethyl adjacent to an activating group) is 1. The first-order valence-corrected chi connectivity index (χ1v) is 7.51. The molecular weight excluding hydrogens is 314 g/mol. The van der Waals surface area contributed by atoms with Gasteiger partial charge in [0.2, 0.25) is 5.91 Å². The number of fused-ring (bicyclic) bond motifs is 1. The SMILES string of the molecule is CN(CCCC(=O)O)C(=O)/C=C/c1c(Cl)nc2sccn12. The molecule has 2 heterocycles. The number of hydrogen-bond acceptors (Lipinski definition) is 4. The first kappa shape index (κ1) is 15.5. The Morgan fingerprint density at radius 2 is 2.33 bits per heavy atom. The molecule has 0 radical (unpaired) electrons. The molecule has 0 aliphatic heterocycles. The van der Waals surface area contributed by atoms with E-state index in [1.54, 1.807) is 17.5 Å². The number of hydrogen-bond donors (Lipinski definition) is 1. The van der Waals surface area contributed by atoms with Crippen LogP contribution in [0.1, 0.15) is 18.5 Å². The molecule has 0 fully saturated rings. The fraction of sp³-hybridized carbons (Fsp3) is 0.308. The van der Waals surface area contributed by atoms with Gasteiger partial charge >= 0.3 is 5.97 Å². The van der Waals surface area contributed by atoms with Crippen LogP contribution < -0.4 is 0 Å². The van der Waals surface area contributed by atoms with Crippen molar-refractivity contribution in [1.82, 2.24) is 14.3 Å². The minimum Gasteiger partial charge on any atom is -0.481 e. The molecule has 1 amide bonds. The van der Waals surface area contributed by atoms with E-state index in [0.717, 1.165) is 4.96 Å². The number of carbonyl (C=O) groups excluding carboxylic acids is 1. The molecule has 0 saturated carbocycles. The van der Waals surface area contributed by atoms with E-state index in [9.17, 15) is 9.59 Å². The lowest BCUT2D eigenvalue weighted by Gasteiger charge is -2.13. The summed E-state index contributed by atoms with van der Waals surface area (Å²) in [6.45, 7) is 0.392. The Morgan fingerprint density at radius 1 is 1.57 bits per heavy atom. The lowest BCUT2D eigenvalue weighted by atomic mass is 10.3. The van der Waals surface area contributed by atoms with Gasteiger partial charge < -0.3 is 10.0 Å². The molecule has 2 aromatic rings. The average molecular weight is 328 g/mol. The Bertz CT molecular complexity index is 692. The van der Waals surface area contributed by atoms with Crippen molar-refractivity contribution in [3.8, 4) is 0 Å². The monoisotopic (exact) mass is 327 g/mol. The van der Waals surface area contributed by atoms with Gasteiger partial charge in [-0.1, -0.05) is 11.6 Å². The van der Waals surface area contributed by atoms with Gasteiger partial charge in [0.05, 0.1) is 5.69 Å². The summed E-state index contributed by atoms with van der Waals surface area (Å²) in [5.41, 5.74) is 0.653. The minimum atomic E-state index is -0.864. The Kier molecular flexibility index (Phi) is 4.98. The van der Waals surface area contributed by atoms with Crippen LogP contribution in [0.15, 0.2) is 17.7 Å². The van der Waals surface area contributed by atoms with Gasteiger partial charge in [0.1, 0.15) is 0 Å². The van der Waals surface area contributed by atoms with Crippen LogP contribution in [-0.2, 0) is 9.59 Å². The second-order valence-electron chi connectivity index (χ2n) is 4.43. The fourth-order valence-electron chi connectivity index (χ4n) is 1.78. The Hall–Kier alpha value is -1.86. The zero-order chi connectivity index (χ0) is 15.4. The smallest absolute Gasteiger partial charge is 0.303 e. The van der Waals surface area contributed by atoms with Gasteiger partial charge in [-0.05, 0) is 12.5 Å². The van der Waals surface area contributed by atoms with Gasteiger partial charge in [-0.15, -0.1) is 11.3 Å². The third kappa shape index (κ3) is 3.83. The maximum atomic E-state index is 11.9. The average Bonchev–Trinajstić information content (AvgIpc) is 2.96. The fourth-order valence-corrected chi connectivity index (χ4v) is 2.79. The molecule has 2 aromatic heterocycles. The number of carboxylic acid groups (broad SMARTS) is 1. The Labute approximate surface area is 130 Å². The molecule has 0 spiro atoms. The number of thiazole rings is 1. The molecule has 0 unspecified atom stereocenters. The summed E-state index contributed by atoms with van der Waals surface area (Å²) in [4.78, 5) is 28.8. The molecule has 1 N–H and O–H groups in total. The highest BCUT2D eigenvalue weighted by Gasteiger charge is 2.10. The van der Waals surface area contributed by atoms with Crippen molar-refractivity contribution in [2.75, 3.05) is 13.6 Å².